The van der Waals surface area contributed by atoms with Crippen molar-refractivity contribution in [1.82, 2.24) is 0 Å². The molecule has 0 saturated carbocycles. The lowest BCUT2D eigenvalue weighted by atomic mass is 9.86. The van der Waals surface area contributed by atoms with Crippen LogP contribution in [0.4, 0.5) is 0 Å². The van der Waals surface area contributed by atoms with E-state index in [4.69, 9.17) is 27.1 Å². The Hall–Kier alpha value is -5.48. The number of hydrogen-bond donors (Lipinski definition) is 1. The second-order valence-corrected chi connectivity index (χ2v) is 20.8. The highest BCUT2D eigenvalue weighted by molar-refractivity contribution is 7.43. The summed E-state index contributed by atoms with van der Waals surface area (Å²) in [6.45, 7) is 23.6. The van der Waals surface area contributed by atoms with Crippen LogP contribution in [0.2, 0.25) is 0 Å². The molecule has 0 fully saturated rings. The molecule has 62 heavy (non-hydrogen) atoms. The van der Waals surface area contributed by atoms with E-state index in [0.717, 1.165) is 33.0 Å². The molecule has 0 heterocycles. The number of para-hydroxylation sites is 4. The number of phenolic OH excluding ortho intramolecular Hbond substituents is 1. The van der Waals surface area contributed by atoms with Gasteiger partial charge < -0.3 is 32.2 Å². The molecule has 7 rings (SSSR count). The highest BCUT2D eigenvalue weighted by atomic mass is 31.2. The van der Waals surface area contributed by atoms with Crippen LogP contribution >= 0.6 is 17.2 Å². The van der Waals surface area contributed by atoms with E-state index in [2.05, 4.69) is 100 Å². The normalized spacial score (nSPS) is 12.7. The molecular weight excluding hydrogens is 811 g/mol. The second kappa shape index (κ2) is 18.1. The smallest absolute Gasteiger partial charge is 0.506 e. The molecule has 0 amide bonds. The van der Waals surface area contributed by atoms with E-state index in [0.29, 0.717) is 45.3 Å². The molecule has 0 saturated heterocycles. The second-order valence-electron chi connectivity index (χ2n) is 18.9. The molecule has 0 aromatic heterocycles. The Labute approximate surface area is 369 Å². The van der Waals surface area contributed by atoms with Crippen molar-refractivity contribution in [1.29, 1.82) is 0 Å². The molecule has 322 valence electrons. The molecule has 7 nitrogen and oxygen atoms in total. The van der Waals surface area contributed by atoms with Crippen molar-refractivity contribution in [2.24, 2.45) is 0 Å². The van der Waals surface area contributed by atoms with Crippen molar-refractivity contribution < 1.29 is 32.2 Å². The quantitative estimate of drug-likeness (QED) is 0.0914. The van der Waals surface area contributed by atoms with Gasteiger partial charge in [-0.1, -0.05) is 173 Å². The predicted molar refractivity (Wildman–Crippen MR) is 257 cm³/mol. The minimum Gasteiger partial charge on any atom is -0.506 e. The minimum atomic E-state index is -2.12. The molecule has 1 atom stereocenters. The predicted octanol–water partition coefficient (Wildman–Crippen LogP) is 16.2. The Kier molecular flexibility index (Phi) is 13.0. The third-order valence-electron chi connectivity index (χ3n) is 10.6. The Balaban J connectivity index is 1.33. The lowest BCUT2D eigenvalue weighted by Crippen LogP contribution is -2.15. The molecule has 0 spiro atoms. The maximum absolute atomic E-state index is 12.5. The van der Waals surface area contributed by atoms with Gasteiger partial charge in [0.1, 0.15) is 40.2 Å². The molecule has 0 bridgehead atoms. The first kappa shape index (κ1) is 44.6. The standard InChI is InChI=1S/C53H58O7P2/c1-35(2)38-24-12-16-28-42(38)55-61(56-43-29-17-13-25-39(43)51(3,4)5)59-46-32-20-22-36-34-37-23-21-33-47(49(37)50(54)48(36)46)60-62(57-44-30-18-14-26-40(44)52(6,7)8)58-45-31-19-15-27-41(45)53(9,10)11/h12-35,54H,1-11H3. The summed E-state index contributed by atoms with van der Waals surface area (Å²) >= 11 is 0. The maximum atomic E-state index is 12.5. The van der Waals surface area contributed by atoms with Crippen LogP contribution in [0.25, 0.3) is 21.5 Å². The fourth-order valence-corrected chi connectivity index (χ4v) is 9.56. The Bertz CT molecular complexity index is 2610. The lowest BCUT2D eigenvalue weighted by molar-refractivity contribution is 0.378. The van der Waals surface area contributed by atoms with Gasteiger partial charge in [-0.05, 0) is 81.0 Å². The number of fused-ring (bicyclic) bond motifs is 2. The van der Waals surface area contributed by atoms with Crippen LogP contribution in [-0.4, -0.2) is 5.11 Å². The van der Waals surface area contributed by atoms with E-state index in [9.17, 15) is 5.11 Å². The summed E-state index contributed by atoms with van der Waals surface area (Å²) in [6, 6.07) is 45.2. The van der Waals surface area contributed by atoms with Crippen molar-refractivity contribution >= 4 is 38.7 Å². The van der Waals surface area contributed by atoms with Crippen molar-refractivity contribution in [3.8, 4) is 40.2 Å². The molecule has 1 N–H and O–H groups in total. The molecule has 0 radical (unpaired) electrons. The summed E-state index contributed by atoms with van der Waals surface area (Å²) < 4.78 is 40.6. The van der Waals surface area contributed by atoms with E-state index in [-0.39, 0.29) is 27.9 Å². The maximum Gasteiger partial charge on any atom is 0.530 e. The van der Waals surface area contributed by atoms with Crippen LogP contribution in [0.3, 0.4) is 0 Å². The van der Waals surface area contributed by atoms with E-state index in [1.807, 2.05) is 115 Å². The first-order valence-corrected chi connectivity index (χ1v) is 23.3. The topological polar surface area (TPSA) is 75.6 Å². The van der Waals surface area contributed by atoms with Gasteiger partial charge in [-0.25, -0.2) is 0 Å². The zero-order chi connectivity index (χ0) is 44.4. The van der Waals surface area contributed by atoms with Crippen LogP contribution in [0.15, 0.2) is 140 Å². The van der Waals surface area contributed by atoms with Gasteiger partial charge in [0.2, 0.25) is 0 Å². The molecular formula is C53H58O7P2. The van der Waals surface area contributed by atoms with Gasteiger partial charge in [-0.3, -0.25) is 0 Å². The van der Waals surface area contributed by atoms with Gasteiger partial charge in [0.15, 0.2) is 0 Å². The van der Waals surface area contributed by atoms with Crippen molar-refractivity contribution in [3.63, 3.8) is 0 Å². The minimum absolute atomic E-state index is 0.0172. The monoisotopic (exact) mass is 868 g/mol. The van der Waals surface area contributed by atoms with Crippen molar-refractivity contribution in [3.05, 3.63) is 162 Å². The number of rotatable bonds is 13. The fraction of sp³-hybridized carbons (Fsp3) is 0.283. The van der Waals surface area contributed by atoms with Crippen LogP contribution in [0, 0.1) is 0 Å². The Morgan fingerprint density at radius 2 is 0.694 bits per heavy atom. The number of hydrogen-bond acceptors (Lipinski definition) is 7. The summed E-state index contributed by atoms with van der Waals surface area (Å²) in [7, 11) is -4.23. The fourth-order valence-electron chi connectivity index (χ4n) is 7.42. The van der Waals surface area contributed by atoms with Gasteiger partial charge in [0.25, 0.3) is 0 Å². The highest BCUT2D eigenvalue weighted by Gasteiger charge is 2.31. The number of phenols is 1. The number of benzene rings is 7. The number of aromatic hydroxyl groups is 1. The molecule has 9 heteroatoms. The molecule has 0 aliphatic heterocycles. The molecule has 7 aromatic rings. The van der Waals surface area contributed by atoms with Crippen molar-refractivity contribution in [2.45, 2.75) is 98.3 Å². The first-order valence-electron chi connectivity index (χ1n) is 21.1. The van der Waals surface area contributed by atoms with Gasteiger partial charge in [-0.15, -0.1) is 0 Å². The van der Waals surface area contributed by atoms with E-state index >= 15 is 0 Å². The Morgan fingerprint density at radius 3 is 1.06 bits per heavy atom. The van der Waals surface area contributed by atoms with Gasteiger partial charge >= 0.3 is 17.2 Å². The average Bonchev–Trinajstić information content (AvgIpc) is 3.20. The van der Waals surface area contributed by atoms with Crippen LogP contribution in [0.1, 0.15) is 104 Å². The average molecular weight is 869 g/mol. The third kappa shape index (κ3) is 10.1. The summed E-state index contributed by atoms with van der Waals surface area (Å²) in [5.74, 6) is 3.61. The van der Waals surface area contributed by atoms with E-state index < -0.39 is 17.2 Å². The summed E-state index contributed by atoms with van der Waals surface area (Å²) in [5, 5.41) is 15.0. The first-order chi connectivity index (χ1) is 29.4. The van der Waals surface area contributed by atoms with E-state index in [1.54, 1.807) is 0 Å². The largest absolute Gasteiger partial charge is 0.530 e. The van der Waals surface area contributed by atoms with Crippen LogP contribution < -0.4 is 27.1 Å². The van der Waals surface area contributed by atoms with Gasteiger partial charge in [0.05, 0.1) is 10.8 Å². The third-order valence-corrected chi connectivity index (χ3v) is 12.6. The van der Waals surface area contributed by atoms with E-state index in [1.165, 1.54) is 0 Å². The molecule has 0 aliphatic rings. The lowest BCUT2D eigenvalue weighted by Gasteiger charge is -2.27. The summed E-state index contributed by atoms with van der Waals surface area (Å²) in [4.78, 5) is 0. The molecule has 1 unspecified atom stereocenters. The van der Waals surface area contributed by atoms with Crippen LogP contribution in [0.5, 0.6) is 40.2 Å². The summed E-state index contributed by atoms with van der Waals surface area (Å²) in [6.07, 6.45) is 0. The molecule has 0 aliphatic carbocycles. The SMILES string of the molecule is CC(C)c1ccccc1OP(Oc1ccccc1C(C)(C)C)Oc1cccc2cc3cccc(OP(Oc4ccccc4C(C)(C)C)Oc4ccccc4C(C)(C)C)c3c(O)c12. The van der Waals surface area contributed by atoms with Crippen LogP contribution in [-0.2, 0) is 16.2 Å². The summed E-state index contributed by atoms with van der Waals surface area (Å²) in [5.41, 5.74) is 3.43. The zero-order valence-corrected chi connectivity index (χ0v) is 39.4. The molecule has 7 aromatic carbocycles. The zero-order valence-electron chi connectivity index (χ0n) is 37.6. The van der Waals surface area contributed by atoms with Gasteiger partial charge in [0, 0.05) is 16.7 Å². The highest BCUT2D eigenvalue weighted by Crippen LogP contribution is 2.53. The van der Waals surface area contributed by atoms with Crippen molar-refractivity contribution in [2.75, 3.05) is 0 Å². The van der Waals surface area contributed by atoms with Gasteiger partial charge in [-0.2, -0.15) is 0 Å². The Morgan fingerprint density at radius 1 is 0.387 bits per heavy atom.